The Morgan fingerprint density at radius 3 is 2.78 bits per heavy atom. The Labute approximate surface area is 113 Å². The molecule has 1 rings (SSSR count). The first-order valence-corrected chi connectivity index (χ1v) is 6.15. The maximum atomic E-state index is 9.75. The van der Waals surface area contributed by atoms with E-state index in [9.17, 15) is 5.11 Å². The van der Waals surface area contributed by atoms with Gasteiger partial charge in [0.1, 0.15) is 4.99 Å². The van der Waals surface area contributed by atoms with E-state index in [4.69, 9.17) is 22.7 Å². The molecule has 0 amide bonds. The summed E-state index contributed by atoms with van der Waals surface area (Å²) in [6.07, 6.45) is -0.542. The number of rotatable bonds is 6. The molecule has 0 heterocycles. The molecule has 0 bridgehead atoms. The number of ether oxygens (including phenoxy) is 1. The minimum Gasteiger partial charge on any atom is -0.389 e. The fourth-order valence-corrected chi connectivity index (χ4v) is 2.00. The molecule has 100 valence electrons. The van der Waals surface area contributed by atoms with Crippen molar-refractivity contribution in [1.29, 1.82) is 0 Å². The van der Waals surface area contributed by atoms with E-state index in [-0.39, 0.29) is 0 Å². The lowest BCUT2D eigenvalue weighted by Crippen LogP contribution is -2.33. The minimum atomic E-state index is -0.542. The molecule has 0 spiro atoms. The summed E-state index contributed by atoms with van der Waals surface area (Å²) in [5.74, 6) is 0. The smallest absolute Gasteiger partial charge is 0.106 e. The van der Waals surface area contributed by atoms with E-state index in [0.29, 0.717) is 18.1 Å². The predicted molar refractivity (Wildman–Crippen MR) is 78.2 cm³/mol. The van der Waals surface area contributed by atoms with Gasteiger partial charge in [0.2, 0.25) is 0 Å². The first kappa shape index (κ1) is 14.9. The molecule has 0 saturated carbocycles. The third-order valence-electron chi connectivity index (χ3n) is 2.67. The van der Waals surface area contributed by atoms with E-state index in [2.05, 4.69) is 0 Å². The van der Waals surface area contributed by atoms with Crippen molar-refractivity contribution in [2.75, 3.05) is 32.2 Å². The lowest BCUT2D eigenvalue weighted by molar-refractivity contribution is 0.0695. The highest BCUT2D eigenvalue weighted by molar-refractivity contribution is 7.80. The van der Waals surface area contributed by atoms with E-state index in [1.807, 2.05) is 37.1 Å². The molecular formula is C13H20N2O2S. The maximum absolute atomic E-state index is 9.75. The zero-order valence-electron chi connectivity index (χ0n) is 11.0. The summed E-state index contributed by atoms with van der Waals surface area (Å²) >= 11 is 5.04. The van der Waals surface area contributed by atoms with Crippen LogP contribution in [0.1, 0.15) is 11.1 Å². The third kappa shape index (κ3) is 3.94. The molecular weight excluding hydrogens is 248 g/mol. The van der Waals surface area contributed by atoms with Crippen molar-refractivity contribution in [3.63, 3.8) is 0 Å². The molecule has 0 fully saturated rings. The van der Waals surface area contributed by atoms with Crippen LogP contribution < -0.4 is 10.6 Å². The molecule has 1 unspecified atom stereocenters. The summed E-state index contributed by atoms with van der Waals surface area (Å²) in [5.41, 5.74) is 8.58. The van der Waals surface area contributed by atoms with E-state index in [1.165, 1.54) is 0 Å². The standard InChI is InChI=1S/C13H20N2O2S/c1-9-4-5-11(13(14)18)12(6-9)15(2)7-10(16)8-17-3/h4-6,10,16H,7-8H2,1-3H3,(H2,14,18). The Morgan fingerprint density at radius 1 is 1.56 bits per heavy atom. The van der Waals surface area contributed by atoms with Gasteiger partial charge in [-0.05, 0) is 24.6 Å². The first-order valence-electron chi connectivity index (χ1n) is 5.74. The number of aryl methyl sites for hydroxylation is 1. The van der Waals surface area contributed by atoms with E-state index in [0.717, 1.165) is 16.8 Å². The number of nitrogens with zero attached hydrogens (tertiary/aromatic N) is 1. The normalized spacial score (nSPS) is 12.2. The van der Waals surface area contributed by atoms with Crippen molar-refractivity contribution in [3.05, 3.63) is 29.3 Å². The average molecular weight is 268 g/mol. The summed E-state index contributed by atoms with van der Waals surface area (Å²) in [4.78, 5) is 2.30. The number of hydrogen-bond acceptors (Lipinski definition) is 4. The van der Waals surface area contributed by atoms with Crippen LogP contribution in [0.15, 0.2) is 18.2 Å². The zero-order chi connectivity index (χ0) is 13.7. The van der Waals surface area contributed by atoms with Gasteiger partial charge in [-0.3, -0.25) is 0 Å². The summed E-state index contributed by atoms with van der Waals surface area (Å²) in [7, 11) is 3.46. The number of thiocarbonyl (C=S) groups is 1. The monoisotopic (exact) mass is 268 g/mol. The van der Waals surface area contributed by atoms with Crippen LogP contribution in [0.25, 0.3) is 0 Å². The third-order valence-corrected chi connectivity index (χ3v) is 2.89. The molecule has 4 nitrogen and oxygen atoms in total. The van der Waals surface area contributed by atoms with Gasteiger partial charge in [0, 0.05) is 32.0 Å². The average Bonchev–Trinajstić information content (AvgIpc) is 2.28. The van der Waals surface area contributed by atoms with E-state index in [1.54, 1.807) is 7.11 Å². The summed E-state index contributed by atoms with van der Waals surface area (Å²) in [5, 5.41) is 9.75. The van der Waals surface area contributed by atoms with Gasteiger partial charge in [-0.25, -0.2) is 0 Å². The fraction of sp³-hybridized carbons (Fsp3) is 0.462. The van der Waals surface area contributed by atoms with Crippen LogP contribution in [0.2, 0.25) is 0 Å². The number of nitrogens with two attached hydrogens (primary N) is 1. The number of hydrogen-bond donors (Lipinski definition) is 2. The van der Waals surface area contributed by atoms with Gasteiger partial charge >= 0.3 is 0 Å². The van der Waals surface area contributed by atoms with Crippen molar-refractivity contribution in [3.8, 4) is 0 Å². The molecule has 0 aromatic heterocycles. The number of benzene rings is 1. The van der Waals surface area contributed by atoms with Gasteiger partial charge in [0.25, 0.3) is 0 Å². The molecule has 0 radical (unpaired) electrons. The fourth-order valence-electron chi connectivity index (χ4n) is 1.83. The topological polar surface area (TPSA) is 58.7 Å². The maximum Gasteiger partial charge on any atom is 0.106 e. The summed E-state index contributed by atoms with van der Waals surface area (Å²) < 4.78 is 4.91. The van der Waals surface area contributed by atoms with Gasteiger partial charge < -0.3 is 20.5 Å². The first-order chi connectivity index (χ1) is 8.45. The van der Waals surface area contributed by atoms with Crippen LogP contribution >= 0.6 is 12.2 Å². The van der Waals surface area contributed by atoms with Gasteiger partial charge in [-0.1, -0.05) is 18.3 Å². The molecule has 0 aliphatic heterocycles. The highest BCUT2D eigenvalue weighted by Crippen LogP contribution is 2.21. The number of likely N-dealkylation sites (N-methyl/N-ethyl adjacent to an activating group) is 1. The van der Waals surface area contributed by atoms with Crippen molar-refractivity contribution < 1.29 is 9.84 Å². The Morgan fingerprint density at radius 2 is 2.22 bits per heavy atom. The van der Waals surface area contributed by atoms with Crippen molar-refractivity contribution in [1.82, 2.24) is 0 Å². The highest BCUT2D eigenvalue weighted by atomic mass is 32.1. The number of aliphatic hydroxyl groups is 1. The summed E-state index contributed by atoms with van der Waals surface area (Å²) in [6, 6.07) is 5.89. The van der Waals surface area contributed by atoms with Crippen LogP contribution in [0.4, 0.5) is 5.69 Å². The lowest BCUT2D eigenvalue weighted by atomic mass is 10.1. The van der Waals surface area contributed by atoms with E-state index >= 15 is 0 Å². The molecule has 3 N–H and O–H groups in total. The number of anilines is 1. The largest absolute Gasteiger partial charge is 0.389 e. The molecule has 18 heavy (non-hydrogen) atoms. The van der Waals surface area contributed by atoms with Crippen molar-refractivity contribution in [2.24, 2.45) is 5.73 Å². The molecule has 1 aromatic carbocycles. The van der Waals surface area contributed by atoms with Crippen LogP contribution in [-0.2, 0) is 4.74 Å². The van der Waals surface area contributed by atoms with Crippen LogP contribution in [0.3, 0.4) is 0 Å². The molecule has 0 aliphatic carbocycles. The molecule has 1 aromatic rings. The predicted octanol–water partition coefficient (Wildman–Crippen LogP) is 1.07. The Bertz CT molecular complexity index is 423. The van der Waals surface area contributed by atoms with Gasteiger partial charge in [-0.15, -0.1) is 0 Å². The molecule has 1 atom stereocenters. The molecule has 0 saturated heterocycles. The van der Waals surface area contributed by atoms with Crippen LogP contribution in [-0.4, -0.2) is 43.5 Å². The SMILES string of the molecule is COCC(O)CN(C)c1cc(C)ccc1C(N)=S. The van der Waals surface area contributed by atoms with Crippen molar-refractivity contribution >= 4 is 22.9 Å². The Hall–Kier alpha value is -1.17. The van der Waals surface area contributed by atoms with Gasteiger partial charge in [-0.2, -0.15) is 0 Å². The van der Waals surface area contributed by atoms with Crippen LogP contribution in [0, 0.1) is 6.92 Å². The van der Waals surface area contributed by atoms with Crippen molar-refractivity contribution in [2.45, 2.75) is 13.0 Å². The Kier molecular flexibility index (Phi) is 5.53. The minimum absolute atomic E-state index is 0.304. The second-order valence-corrected chi connectivity index (χ2v) is 4.81. The quantitative estimate of drug-likeness (QED) is 0.756. The molecule has 5 heteroatoms. The highest BCUT2D eigenvalue weighted by Gasteiger charge is 2.13. The number of methoxy groups -OCH3 is 1. The molecule has 0 aliphatic rings. The van der Waals surface area contributed by atoms with E-state index < -0.39 is 6.10 Å². The van der Waals surface area contributed by atoms with Gasteiger partial charge in [0.15, 0.2) is 0 Å². The second-order valence-electron chi connectivity index (χ2n) is 4.37. The van der Waals surface area contributed by atoms with Gasteiger partial charge in [0.05, 0.1) is 12.7 Å². The Balaban J connectivity index is 2.93. The number of aliphatic hydroxyl groups excluding tert-OH is 1. The second kappa shape index (κ2) is 6.68. The lowest BCUT2D eigenvalue weighted by Gasteiger charge is -2.25. The zero-order valence-corrected chi connectivity index (χ0v) is 11.8. The van der Waals surface area contributed by atoms with Crippen LogP contribution in [0.5, 0.6) is 0 Å². The summed E-state index contributed by atoms with van der Waals surface area (Å²) in [6.45, 7) is 2.78.